The summed E-state index contributed by atoms with van der Waals surface area (Å²) in [6.45, 7) is 10.0. The molecule has 1 aliphatic rings. The number of nitrogens with one attached hydrogen (secondary N) is 1. The molecule has 0 radical (unpaired) electrons. The Hall–Kier alpha value is -2.17. The molecular weight excluding hydrogens is 408 g/mol. The summed E-state index contributed by atoms with van der Waals surface area (Å²) >= 11 is 0. The molecular formula is C20H32N4O5S. The van der Waals surface area contributed by atoms with E-state index in [1.807, 2.05) is 32.6 Å². The zero-order valence-electron chi connectivity index (χ0n) is 18.1. The molecule has 30 heavy (non-hydrogen) atoms. The molecule has 1 aromatic carbocycles. The Balaban J connectivity index is 1.75. The number of primary sulfonamides is 1. The second kappa shape index (κ2) is 9.76. The van der Waals surface area contributed by atoms with Crippen molar-refractivity contribution in [2.45, 2.75) is 50.7 Å². The third kappa shape index (κ3) is 7.26. The molecule has 1 saturated heterocycles. The van der Waals surface area contributed by atoms with Crippen molar-refractivity contribution in [2.75, 3.05) is 32.7 Å². The molecule has 0 spiro atoms. The Kier molecular flexibility index (Phi) is 7.84. The van der Waals surface area contributed by atoms with Crippen LogP contribution in [0.25, 0.3) is 0 Å². The highest BCUT2D eigenvalue weighted by Crippen LogP contribution is 2.13. The summed E-state index contributed by atoms with van der Waals surface area (Å²) in [6.07, 6.45) is 0.253. The maximum Gasteiger partial charge on any atom is 0.410 e. The van der Waals surface area contributed by atoms with Gasteiger partial charge in [0.15, 0.2) is 0 Å². The predicted molar refractivity (Wildman–Crippen MR) is 113 cm³/mol. The lowest BCUT2D eigenvalue weighted by Crippen LogP contribution is -2.55. The number of rotatable bonds is 6. The molecule has 2 rings (SSSR count). The summed E-state index contributed by atoms with van der Waals surface area (Å²) < 4.78 is 27.9. The number of nitrogens with two attached hydrogens (primary N) is 1. The van der Waals surface area contributed by atoms with Crippen molar-refractivity contribution in [1.29, 1.82) is 0 Å². The first-order valence-electron chi connectivity index (χ1n) is 9.98. The molecule has 1 atom stereocenters. The van der Waals surface area contributed by atoms with Crippen molar-refractivity contribution in [3.63, 3.8) is 0 Å². The van der Waals surface area contributed by atoms with E-state index in [1.165, 1.54) is 12.1 Å². The minimum Gasteiger partial charge on any atom is -0.444 e. The molecule has 1 aromatic rings. The minimum absolute atomic E-state index is 0.0643. The minimum atomic E-state index is -3.70. The van der Waals surface area contributed by atoms with E-state index in [-0.39, 0.29) is 22.9 Å². The van der Waals surface area contributed by atoms with E-state index >= 15 is 0 Å². The number of amides is 2. The van der Waals surface area contributed by atoms with Crippen LogP contribution in [-0.4, -0.2) is 74.6 Å². The van der Waals surface area contributed by atoms with Crippen LogP contribution in [0.2, 0.25) is 0 Å². The van der Waals surface area contributed by atoms with Gasteiger partial charge in [0.25, 0.3) is 0 Å². The Morgan fingerprint density at radius 1 is 1.13 bits per heavy atom. The van der Waals surface area contributed by atoms with E-state index in [4.69, 9.17) is 9.88 Å². The van der Waals surface area contributed by atoms with Gasteiger partial charge in [0, 0.05) is 32.7 Å². The number of hydrogen-bond donors (Lipinski definition) is 2. The second-order valence-electron chi connectivity index (χ2n) is 8.41. The van der Waals surface area contributed by atoms with Gasteiger partial charge in [-0.05, 0) is 51.8 Å². The molecule has 1 unspecified atom stereocenters. The van der Waals surface area contributed by atoms with Gasteiger partial charge in [-0.2, -0.15) is 0 Å². The van der Waals surface area contributed by atoms with E-state index in [0.717, 1.165) is 5.56 Å². The van der Waals surface area contributed by atoms with Crippen molar-refractivity contribution in [2.24, 2.45) is 5.14 Å². The zero-order valence-corrected chi connectivity index (χ0v) is 18.9. The molecule has 0 bridgehead atoms. The van der Waals surface area contributed by atoms with Gasteiger partial charge in [-0.25, -0.2) is 18.4 Å². The van der Waals surface area contributed by atoms with Crippen LogP contribution in [0, 0.1) is 0 Å². The molecule has 2 amide bonds. The molecule has 3 N–H and O–H groups in total. The first-order valence-corrected chi connectivity index (χ1v) is 11.5. The number of nitrogens with zero attached hydrogens (tertiary/aromatic N) is 2. The van der Waals surface area contributed by atoms with Crippen molar-refractivity contribution in [3.8, 4) is 0 Å². The van der Waals surface area contributed by atoms with Crippen LogP contribution in [0.3, 0.4) is 0 Å². The van der Waals surface area contributed by atoms with E-state index in [0.29, 0.717) is 39.1 Å². The quantitative estimate of drug-likeness (QED) is 0.679. The maximum atomic E-state index is 12.5. The predicted octanol–water partition coefficient (Wildman–Crippen LogP) is 0.934. The molecule has 0 aromatic heterocycles. The van der Waals surface area contributed by atoms with Gasteiger partial charge in [-0.1, -0.05) is 12.1 Å². The van der Waals surface area contributed by atoms with Crippen molar-refractivity contribution in [3.05, 3.63) is 29.8 Å². The molecule has 1 aliphatic heterocycles. The second-order valence-corrected chi connectivity index (χ2v) is 9.97. The molecule has 0 aliphatic carbocycles. The van der Waals surface area contributed by atoms with Crippen LogP contribution in [0.1, 0.15) is 33.3 Å². The van der Waals surface area contributed by atoms with Crippen molar-refractivity contribution >= 4 is 22.0 Å². The van der Waals surface area contributed by atoms with E-state index in [1.54, 1.807) is 17.0 Å². The summed E-state index contributed by atoms with van der Waals surface area (Å²) in [7, 11) is -3.70. The summed E-state index contributed by atoms with van der Waals surface area (Å²) in [5.41, 5.74) is 0.377. The normalized spacial score (nSPS) is 16.8. The van der Waals surface area contributed by atoms with E-state index < -0.39 is 15.6 Å². The van der Waals surface area contributed by atoms with Gasteiger partial charge in [0.05, 0.1) is 10.9 Å². The van der Waals surface area contributed by atoms with Crippen molar-refractivity contribution in [1.82, 2.24) is 15.1 Å². The molecule has 168 valence electrons. The van der Waals surface area contributed by atoms with Crippen LogP contribution in [0.15, 0.2) is 29.2 Å². The first-order chi connectivity index (χ1) is 13.9. The molecule has 9 nitrogen and oxygen atoms in total. The fraction of sp³-hybridized carbons (Fsp3) is 0.600. The van der Waals surface area contributed by atoms with Gasteiger partial charge in [-0.15, -0.1) is 0 Å². The number of carbonyl (C=O) groups is 2. The summed E-state index contributed by atoms with van der Waals surface area (Å²) in [5, 5.41) is 7.99. The topological polar surface area (TPSA) is 122 Å². The number of sulfonamides is 1. The van der Waals surface area contributed by atoms with Gasteiger partial charge in [-0.3, -0.25) is 9.69 Å². The number of piperazine rings is 1. The number of carbonyl (C=O) groups excluding carboxylic acids is 2. The fourth-order valence-electron chi connectivity index (χ4n) is 3.11. The van der Waals surface area contributed by atoms with Gasteiger partial charge in [0.1, 0.15) is 5.60 Å². The third-order valence-corrected chi connectivity index (χ3v) is 5.79. The van der Waals surface area contributed by atoms with Crippen LogP contribution < -0.4 is 10.5 Å². The highest BCUT2D eigenvalue weighted by Gasteiger charge is 2.29. The van der Waals surface area contributed by atoms with Gasteiger partial charge < -0.3 is 15.0 Å². The van der Waals surface area contributed by atoms with Crippen LogP contribution in [0.4, 0.5) is 4.79 Å². The lowest BCUT2D eigenvalue weighted by atomic mass is 10.1. The Labute approximate surface area is 178 Å². The SMILES string of the molecule is CC(C(=O)NCCc1ccc(S(N)(=O)=O)cc1)N1CCN(C(=O)OC(C)(C)C)CC1. The van der Waals surface area contributed by atoms with E-state index in [9.17, 15) is 18.0 Å². The maximum absolute atomic E-state index is 12.5. The molecule has 0 saturated carbocycles. The average molecular weight is 441 g/mol. The highest BCUT2D eigenvalue weighted by atomic mass is 32.2. The summed E-state index contributed by atoms with van der Waals surface area (Å²) in [6, 6.07) is 5.98. The Bertz CT molecular complexity index is 841. The monoisotopic (exact) mass is 440 g/mol. The highest BCUT2D eigenvalue weighted by molar-refractivity contribution is 7.89. The van der Waals surface area contributed by atoms with E-state index in [2.05, 4.69) is 5.32 Å². The zero-order chi connectivity index (χ0) is 22.5. The lowest BCUT2D eigenvalue weighted by Gasteiger charge is -2.37. The van der Waals surface area contributed by atoms with Crippen molar-refractivity contribution < 1.29 is 22.7 Å². The molecule has 1 heterocycles. The Morgan fingerprint density at radius 2 is 1.70 bits per heavy atom. The molecule has 10 heteroatoms. The number of benzene rings is 1. The van der Waals surface area contributed by atoms with Crippen LogP contribution >= 0.6 is 0 Å². The standard InChI is InChI=1S/C20H32N4O5S/c1-15(23-11-13-24(14-12-23)19(26)29-20(2,3)4)18(25)22-10-9-16-5-7-17(8-6-16)30(21,27)28/h5-8,15H,9-14H2,1-4H3,(H,22,25)(H2,21,27,28). The van der Waals surface area contributed by atoms with Gasteiger partial charge in [0.2, 0.25) is 15.9 Å². The third-order valence-electron chi connectivity index (χ3n) is 4.86. The van der Waals surface area contributed by atoms with Gasteiger partial charge >= 0.3 is 6.09 Å². The number of hydrogen-bond acceptors (Lipinski definition) is 6. The summed E-state index contributed by atoms with van der Waals surface area (Å²) in [5.74, 6) is -0.0816. The lowest BCUT2D eigenvalue weighted by molar-refractivity contribution is -0.126. The number of ether oxygens (including phenoxy) is 1. The largest absolute Gasteiger partial charge is 0.444 e. The smallest absolute Gasteiger partial charge is 0.410 e. The first kappa shape index (κ1) is 24.1. The van der Waals surface area contributed by atoms with Crippen LogP contribution in [-0.2, 0) is 26.0 Å². The van der Waals surface area contributed by atoms with Crippen LogP contribution in [0.5, 0.6) is 0 Å². The summed E-state index contributed by atoms with van der Waals surface area (Å²) in [4.78, 5) is 28.4. The molecule has 1 fully saturated rings. The fourth-order valence-corrected chi connectivity index (χ4v) is 3.62. The average Bonchev–Trinajstić information content (AvgIpc) is 2.66. The Morgan fingerprint density at radius 3 is 2.20 bits per heavy atom.